The van der Waals surface area contributed by atoms with Gasteiger partial charge >= 0.3 is 0 Å². The summed E-state index contributed by atoms with van der Waals surface area (Å²) in [6.45, 7) is 6.00. The normalized spacial score (nSPS) is 13.1. The zero-order chi connectivity index (χ0) is 27.2. The molecule has 0 unspecified atom stereocenters. The maximum absolute atomic E-state index is 6.41. The second-order valence-corrected chi connectivity index (χ2v) is 9.61. The number of fused-ring (bicyclic) bond motifs is 2. The van der Waals surface area contributed by atoms with Crippen LogP contribution in [0.1, 0.15) is 24.5 Å². The van der Waals surface area contributed by atoms with E-state index in [1.54, 1.807) is 21.3 Å². The van der Waals surface area contributed by atoms with Gasteiger partial charge in [0.1, 0.15) is 23.9 Å². The first-order valence-corrected chi connectivity index (χ1v) is 13.4. The summed E-state index contributed by atoms with van der Waals surface area (Å²) in [5.74, 6) is 3.99. The van der Waals surface area contributed by atoms with Crippen molar-refractivity contribution in [2.75, 3.05) is 47.6 Å². The molecule has 0 atom stereocenters. The molecule has 0 N–H and O–H groups in total. The van der Waals surface area contributed by atoms with Crippen LogP contribution in [0.5, 0.6) is 28.7 Å². The Morgan fingerprint density at radius 1 is 0.744 bits per heavy atom. The number of rotatable bonds is 11. The average molecular weight is 529 g/mol. The Balaban J connectivity index is 1.33. The number of aromatic nitrogens is 1. The van der Waals surface area contributed by atoms with E-state index in [1.807, 2.05) is 48.5 Å². The van der Waals surface area contributed by atoms with Gasteiger partial charge in [0.25, 0.3) is 0 Å². The first-order chi connectivity index (χ1) is 19.1. The molecule has 1 aliphatic rings. The molecule has 204 valence electrons. The molecule has 0 radical (unpaired) electrons. The highest BCUT2D eigenvalue weighted by atomic mass is 16.5. The van der Waals surface area contributed by atoms with Crippen LogP contribution in [0, 0.1) is 0 Å². The van der Waals surface area contributed by atoms with E-state index >= 15 is 0 Å². The molecule has 7 heteroatoms. The molecule has 0 saturated carbocycles. The van der Waals surface area contributed by atoms with Crippen molar-refractivity contribution in [1.29, 1.82) is 0 Å². The van der Waals surface area contributed by atoms with Crippen molar-refractivity contribution in [2.45, 2.75) is 26.3 Å². The Morgan fingerprint density at radius 2 is 1.49 bits per heavy atom. The maximum atomic E-state index is 6.41. The minimum atomic E-state index is 0.566. The maximum Gasteiger partial charge on any atom is 0.161 e. The summed E-state index contributed by atoms with van der Waals surface area (Å²) in [4.78, 5) is 7.34. The van der Waals surface area contributed by atoms with E-state index in [-0.39, 0.29) is 0 Å². The number of hydrogen-bond donors (Lipinski definition) is 0. The van der Waals surface area contributed by atoms with Crippen molar-refractivity contribution in [1.82, 2.24) is 9.88 Å². The lowest BCUT2D eigenvalue weighted by atomic mass is 9.99. The van der Waals surface area contributed by atoms with Crippen molar-refractivity contribution in [2.24, 2.45) is 0 Å². The fourth-order valence-electron chi connectivity index (χ4n) is 4.93. The van der Waals surface area contributed by atoms with Gasteiger partial charge < -0.3 is 23.7 Å². The number of pyridine rings is 1. The molecule has 0 aliphatic carbocycles. The van der Waals surface area contributed by atoms with Gasteiger partial charge in [-0.1, -0.05) is 6.92 Å². The van der Waals surface area contributed by atoms with Gasteiger partial charge in [-0.2, -0.15) is 0 Å². The SMILES string of the molecule is CCCOc1ccc(-c2cc(OCCN3CCc4cc(OC)c(OC)cc4C3)c3ccc(OC)cc3n2)cc1. The molecule has 0 fully saturated rings. The Labute approximate surface area is 230 Å². The third-order valence-electron chi connectivity index (χ3n) is 7.06. The number of nitrogens with zero attached hydrogens (tertiary/aromatic N) is 2. The molecule has 0 saturated heterocycles. The predicted octanol–water partition coefficient (Wildman–Crippen LogP) is 6.15. The van der Waals surface area contributed by atoms with E-state index in [0.29, 0.717) is 13.2 Å². The summed E-state index contributed by atoms with van der Waals surface area (Å²) in [6, 6.07) is 20.2. The Kier molecular flexibility index (Phi) is 8.37. The van der Waals surface area contributed by atoms with Gasteiger partial charge in [0.15, 0.2) is 11.5 Å². The summed E-state index contributed by atoms with van der Waals surface area (Å²) in [5, 5.41) is 0.961. The monoisotopic (exact) mass is 528 g/mol. The lowest BCUT2D eigenvalue weighted by Crippen LogP contribution is -2.33. The quantitative estimate of drug-likeness (QED) is 0.231. The fraction of sp³-hybridized carbons (Fsp3) is 0.344. The molecule has 5 rings (SSSR count). The van der Waals surface area contributed by atoms with Gasteiger partial charge in [-0.3, -0.25) is 4.90 Å². The molecular formula is C32H36N2O5. The van der Waals surface area contributed by atoms with E-state index in [9.17, 15) is 0 Å². The standard InChI is InChI=1S/C32H36N2O5/c1-5-15-38-25-8-6-22(7-9-25)28-20-30(27-11-10-26(35-2)19-29(27)33-28)39-16-14-34-13-12-23-17-31(36-3)32(37-4)18-24(23)21-34/h6-11,17-20H,5,12-16,21H2,1-4H3. The molecule has 0 bridgehead atoms. The molecular weight excluding hydrogens is 492 g/mol. The van der Waals surface area contributed by atoms with Gasteiger partial charge in [-0.05, 0) is 72.5 Å². The Hall–Kier alpha value is -3.97. The molecule has 1 aromatic heterocycles. The van der Waals surface area contributed by atoms with Crippen molar-refractivity contribution >= 4 is 10.9 Å². The second-order valence-electron chi connectivity index (χ2n) is 9.61. The van der Waals surface area contributed by atoms with Crippen LogP contribution in [-0.2, 0) is 13.0 Å². The number of hydrogen-bond acceptors (Lipinski definition) is 7. The summed E-state index contributed by atoms with van der Waals surface area (Å²) in [7, 11) is 5.02. The van der Waals surface area contributed by atoms with Crippen LogP contribution >= 0.6 is 0 Å². The Bertz CT molecular complexity index is 1420. The Morgan fingerprint density at radius 3 is 2.21 bits per heavy atom. The summed E-state index contributed by atoms with van der Waals surface area (Å²) < 4.78 is 28.6. The van der Waals surface area contributed by atoms with Gasteiger partial charge in [0.05, 0.1) is 39.1 Å². The van der Waals surface area contributed by atoms with Crippen molar-refractivity contribution in [3.8, 4) is 40.0 Å². The van der Waals surface area contributed by atoms with Crippen LogP contribution in [0.15, 0.2) is 60.7 Å². The summed E-state index contributed by atoms with van der Waals surface area (Å²) in [6.07, 6.45) is 1.94. The number of methoxy groups -OCH3 is 3. The van der Waals surface area contributed by atoms with E-state index in [4.69, 9.17) is 28.7 Å². The number of benzene rings is 3. The third kappa shape index (κ3) is 6.04. The first kappa shape index (κ1) is 26.6. The smallest absolute Gasteiger partial charge is 0.161 e. The lowest BCUT2D eigenvalue weighted by Gasteiger charge is -2.29. The van der Waals surface area contributed by atoms with Gasteiger partial charge in [0, 0.05) is 42.7 Å². The zero-order valence-electron chi connectivity index (χ0n) is 23.2. The van der Waals surface area contributed by atoms with Crippen molar-refractivity contribution in [3.05, 3.63) is 71.8 Å². The predicted molar refractivity (Wildman–Crippen MR) is 154 cm³/mol. The van der Waals surface area contributed by atoms with E-state index in [1.165, 1.54) is 11.1 Å². The largest absolute Gasteiger partial charge is 0.497 e. The van der Waals surface area contributed by atoms with Crippen LogP contribution in [0.3, 0.4) is 0 Å². The van der Waals surface area contributed by atoms with Crippen LogP contribution in [0.2, 0.25) is 0 Å². The third-order valence-corrected chi connectivity index (χ3v) is 7.06. The molecule has 7 nitrogen and oxygen atoms in total. The second kappa shape index (κ2) is 12.3. The highest BCUT2D eigenvalue weighted by molar-refractivity contribution is 5.89. The molecule has 2 heterocycles. The molecule has 39 heavy (non-hydrogen) atoms. The van der Waals surface area contributed by atoms with Crippen LogP contribution in [0.4, 0.5) is 0 Å². The molecule has 4 aromatic rings. The fourth-order valence-corrected chi connectivity index (χ4v) is 4.93. The van der Waals surface area contributed by atoms with E-state index in [2.05, 4.69) is 24.0 Å². The highest BCUT2D eigenvalue weighted by Crippen LogP contribution is 2.34. The van der Waals surface area contributed by atoms with Gasteiger partial charge in [0.2, 0.25) is 0 Å². The topological polar surface area (TPSA) is 62.3 Å². The minimum Gasteiger partial charge on any atom is -0.497 e. The molecule has 3 aromatic carbocycles. The molecule has 1 aliphatic heterocycles. The highest BCUT2D eigenvalue weighted by Gasteiger charge is 2.20. The first-order valence-electron chi connectivity index (χ1n) is 13.4. The van der Waals surface area contributed by atoms with Crippen molar-refractivity contribution < 1.29 is 23.7 Å². The lowest BCUT2D eigenvalue weighted by molar-refractivity contribution is 0.197. The van der Waals surface area contributed by atoms with E-state index in [0.717, 1.165) is 83.4 Å². The average Bonchev–Trinajstić information content (AvgIpc) is 2.98. The molecule has 0 spiro atoms. The summed E-state index contributed by atoms with van der Waals surface area (Å²) in [5.41, 5.74) is 5.27. The van der Waals surface area contributed by atoms with Gasteiger partial charge in [-0.25, -0.2) is 4.98 Å². The van der Waals surface area contributed by atoms with Gasteiger partial charge in [-0.15, -0.1) is 0 Å². The summed E-state index contributed by atoms with van der Waals surface area (Å²) >= 11 is 0. The van der Waals surface area contributed by atoms with Crippen molar-refractivity contribution in [3.63, 3.8) is 0 Å². The van der Waals surface area contributed by atoms with E-state index < -0.39 is 0 Å². The number of ether oxygens (including phenoxy) is 5. The molecule has 0 amide bonds. The minimum absolute atomic E-state index is 0.566. The van der Waals surface area contributed by atoms with Crippen LogP contribution < -0.4 is 23.7 Å². The van der Waals surface area contributed by atoms with Crippen LogP contribution in [-0.4, -0.2) is 57.5 Å². The van der Waals surface area contributed by atoms with Crippen LogP contribution in [0.25, 0.3) is 22.2 Å². The zero-order valence-corrected chi connectivity index (χ0v) is 23.2.